The molecule has 9 heteroatoms. The smallest absolute Gasteiger partial charge is 0.243 e. The van der Waals surface area contributed by atoms with E-state index >= 15 is 0 Å². The predicted octanol–water partition coefficient (Wildman–Crippen LogP) is 3.77. The van der Waals surface area contributed by atoms with E-state index in [0.29, 0.717) is 43.4 Å². The van der Waals surface area contributed by atoms with Crippen LogP contribution in [0.1, 0.15) is 44.1 Å². The maximum atomic E-state index is 12.8. The van der Waals surface area contributed by atoms with Crippen molar-refractivity contribution in [1.82, 2.24) is 14.6 Å². The van der Waals surface area contributed by atoms with Crippen LogP contribution in [-0.2, 0) is 21.4 Å². The number of piperidine rings is 1. The summed E-state index contributed by atoms with van der Waals surface area (Å²) in [6.45, 7) is 1.03. The van der Waals surface area contributed by atoms with Gasteiger partial charge in [-0.3, -0.25) is 4.79 Å². The molecule has 0 radical (unpaired) electrons. The van der Waals surface area contributed by atoms with Crippen molar-refractivity contribution in [3.8, 4) is 5.88 Å². The number of halogens is 1. The minimum Gasteiger partial charge on any atom is -0.474 e. The molecule has 32 heavy (non-hydrogen) atoms. The molecular formula is C23H28ClN3O4S. The van der Waals surface area contributed by atoms with Gasteiger partial charge in [0.2, 0.25) is 21.8 Å². The molecule has 0 unspecified atom stereocenters. The Hall–Kier alpha value is -2.16. The first-order valence-electron chi connectivity index (χ1n) is 11.1. The molecule has 1 aromatic heterocycles. The summed E-state index contributed by atoms with van der Waals surface area (Å²) in [4.78, 5) is 17.2. The van der Waals surface area contributed by atoms with E-state index in [9.17, 15) is 13.2 Å². The van der Waals surface area contributed by atoms with E-state index in [-0.39, 0.29) is 22.8 Å². The molecule has 4 rings (SSSR count). The fraction of sp³-hybridized carbons (Fsp3) is 0.478. The fourth-order valence-electron chi connectivity index (χ4n) is 4.25. The number of nitrogens with one attached hydrogen (secondary N) is 1. The van der Waals surface area contributed by atoms with Crippen LogP contribution in [0, 0.1) is 5.92 Å². The van der Waals surface area contributed by atoms with Crippen LogP contribution in [0.3, 0.4) is 0 Å². The minimum absolute atomic E-state index is 0.0522. The topological polar surface area (TPSA) is 88.6 Å². The van der Waals surface area contributed by atoms with E-state index in [4.69, 9.17) is 16.3 Å². The number of carbonyl (C=O) groups excluding carboxylic acids is 1. The third-order valence-electron chi connectivity index (χ3n) is 6.13. The lowest BCUT2D eigenvalue weighted by Gasteiger charge is -2.30. The first kappa shape index (κ1) is 23.0. The summed E-state index contributed by atoms with van der Waals surface area (Å²) in [7, 11) is -3.58. The third-order valence-corrected chi connectivity index (χ3v) is 8.30. The van der Waals surface area contributed by atoms with Crippen LogP contribution in [-0.4, -0.2) is 42.8 Å². The van der Waals surface area contributed by atoms with E-state index in [1.54, 1.807) is 18.3 Å². The first-order valence-corrected chi connectivity index (χ1v) is 12.9. The number of benzene rings is 1. The van der Waals surface area contributed by atoms with E-state index in [2.05, 4.69) is 10.3 Å². The fourth-order valence-corrected chi connectivity index (χ4v) is 5.85. The summed E-state index contributed by atoms with van der Waals surface area (Å²) < 4.78 is 33.0. The predicted molar refractivity (Wildman–Crippen MR) is 122 cm³/mol. The summed E-state index contributed by atoms with van der Waals surface area (Å²) in [5, 5.41) is 3.47. The number of aromatic nitrogens is 1. The van der Waals surface area contributed by atoms with Gasteiger partial charge < -0.3 is 10.1 Å². The molecule has 0 atom stereocenters. The zero-order chi connectivity index (χ0) is 22.6. The van der Waals surface area contributed by atoms with Crippen molar-refractivity contribution in [3.63, 3.8) is 0 Å². The molecule has 0 bridgehead atoms. The summed E-state index contributed by atoms with van der Waals surface area (Å²) in [5.74, 6) is 0.343. The normalized spacial score (nSPS) is 18.5. The number of sulfonamides is 1. The SMILES string of the molecule is O=C(NCc1ccnc(OC2CCCC2)c1)C1CCN(S(=O)(=O)c2ccc(Cl)cc2)CC1. The van der Waals surface area contributed by atoms with Crippen LogP contribution in [0.15, 0.2) is 47.5 Å². The molecule has 1 N–H and O–H groups in total. The number of amides is 1. The van der Waals surface area contributed by atoms with Crippen LogP contribution in [0.25, 0.3) is 0 Å². The van der Waals surface area contributed by atoms with Crippen LogP contribution in [0.2, 0.25) is 5.02 Å². The van der Waals surface area contributed by atoms with Gasteiger partial charge in [-0.05, 0) is 74.4 Å². The maximum absolute atomic E-state index is 12.8. The molecule has 1 aliphatic heterocycles. The van der Waals surface area contributed by atoms with Gasteiger partial charge in [0.15, 0.2) is 0 Å². The Labute approximate surface area is 194 Å². The molecule has 1 saturated carbocycles. The summed E-state index contributed by atoms with van der Waals surface area (Å²) in [6, 6.07) is 9.89. The maximum Gasteiger partial charge on any atom is 0.243 e. The Bertz CT molecular complexity index is 1030. The number of carbonyl (C=O) groups is 1. The zero-order valence-electron chi connectivity index (χ0n) is 17.9. The van der Waals surface area contributed by atoms with Gasteiger partial charge in [0.1, 0.15) is 6.10 Å². The summed E-state index contributed by atoms with van der Waals surface area (Å²) in [6.07, 6.45) is 7.44. The molecule has 2 fully saturated rings. The zero-order valence-corrected chi connectivity index (χ0v) is 19.4. The lowest BCUT2D eigenvalue weighted by molar-refractivity contribution is -0.126. The van der Waals surface area contributed by atoms with Crippen LogP contribution < -0.4 is 10.1 Å². The molecule has 7 nitrogen and oxygen atoms in total. The highest BCUT2D eigenvalue weighted by Crippen LogP contribution is 2.26. The van der Waals surface area contributed by atoms with Crippen molar-refractivity contribution >= 4 is 27.5 Å². The monoisotopic (exact) mass is 477 g/mol. The van der Waals surface area contributed by atoms with Gasteiger partial charge in [0, 0.05) is 42.8 Å². The van der Waals surface area contributed by atoms with Crippen molar-refractivity contribution in [3.05, 3.63) is 53.2 Å². The lowest BCUT2D eigenvalue weighted by Crippen LogP contribution is -2.42. The van der Waals surface area contributed by atoms with Crippen molar-refractivity contribution in [2.24, 2.45) is 5.92 Å². The lowest BCUT2D eigenvalue weighted by atomic mass is 9.97. The quantitative estimate of drug-likeness (QED) is 0.655. The molecule has 2 aliphatic rings. The number of hydrogen-bond acceptors (Lipinski definition) is 5. The highest BCUT2D eigenvalue weighted by atomic mass is 35.5. The molecule has 1 saturated heterocycles. The molecule has 1 amide bonds. The van der Waals surface area contributed by atoms with Crippen LogP contribution >= 0.6 is 11.6 Å². The number of ether oxygens (including phenoxy) is 1. The second-order valence-corrected chi connectivity index (χ2v) is 10.8. The number of rotatable bonds is 7. The molecule has 0 spiro atoms. The Kier molecular flexibility index (Phi) is 7.33. The second kappa shape index (κ2) is 10.2. The number of pyridine rings is 1. The highest BCUT2D eigenvalue weighted by Gasteiger charge is 2.32. The molecule has 2 aromatic rings. The third kappa shape index (κ3) is 5.60. The largest absolute Gasteiger partial charge is 0.474 e. The Morgan fingerprint density at radius 3 is 2.47 bits per heavy atom. The van der Waals surface area contributed by atoms with E-state index in [1.165, 1.54) is 29.3 Å². The molecule has 1 aliphatic carbocycles. The van der Waals surface area contributed by atoms with E-state index < -0.39 is 10.0 Å². The average molecular weight is 478 g/mol. The van der Waals surface area contributed by atoms with Gasteiger partial charge in [-0.2, -0.15) is 4.31 Å². The standard InChI is InChI=1S/C23H28ClN3O4S/c24-19-5-7-21(8-6-19)32(29,30)27-13-10-18(11-14-27)23(28)26-16-17-9-12-25-22(15-17)31-20-3-1-2-4-20/h5-9,12,15,18,20H,1-4,10-11,13-14,16H2,(H,26,28). The van der Waals surface area contributed by atoms with Gasteiger partial charge in [0.05, 0.1) is 4.90 Å². The average Bonchev–Trinajstić information content (AvgIpc) is 3.31. The minimum atomic E-state index is -3.58. The van der Waals surface area contributed by atoms with Crippen molar-refractivity contribution in [1.29, 1.82) is 0 Å². The van der Waals surface area contributed by atoms with Gasteiger partial charge in [-0.25, -0.2) is 13.4 Å². The van der Waals surface area contributed by atoms with E-state index in [0.717, 1.165) is 18.4 Å². The summed E-state index contributed by atoms with van der Waals surface area (Å²) in [5.41, 5.74) is 0.934. The molecule has 2 heterocycles. The first-order chi connectivity index (χ1) is 15.4. The van der Waals surface area contributed by atoms with Crippen molar-refractivity contribution in [2.75, 3.05) is 13.1 Å². The van der Waals surface area contributed by atoms with Gasteiger partial charge in [0.25, 0.3) is 0 Å². The molecule has 172 valence electrons. The Morgan fingerprint density at radius 1 is 1.09 bits per heavy atom. The van der Waals surface area contributed by atoms with Gasteiger partial charge in [-0.15, -0.1) is 0 Å². The van der Waals surface area contributed by atoms with Crippen LogP contribution in [0.4, 0.5) is 0 Å². The highest BCUT2D eigenvalue weighted by molar-refractivity contribution is 7.89. The number of nitrogens with zero attached hydrogens (tertiary/aromatic N) is 2. The van der Waals surface area contributed by atoms with E-state index in [1.807, 2.05) is 12.1 Å². The summed E-state index contributed by atoms with van der Waals surface area (Å²) >= 11 is 5.86. The van der Waals surface area contributed by atoms with Crippen molar-refractivity contribution in [2.45, 2.75) is 56.1 Å². The van der Waals surface area contributed by atoms with Crippen LogP contribution in [0.5, 0.6) is 5.88 Å². The van der Waals surface area contributed by atoms with Gasteiger partial charge in [-0.1, -0.05) is 11.6 Å². The Morgan fingerprint density at radius 2 is 1.78 bits per heavy atom. The Balaban J connectivity index is 1.27. The van der Waals surface area contributed by atoms with Crippen molar-refractivity contribution < 1.29 is 17.9 Å². The van der Waals surface area contributed by atoms with Gasteiger partial charge >= 0.3 is 0 Å². The number of hydrogen-bond donors (Lipinski definition) is 1. The molecule has 1 aromatic carbocycles. The second-order valence-electron chi connectivity index (χ2n) is 8.38. The molecular weight excluding hydrogens is 450 g/mol.